The molecule has 0 bridgehead atoms. The third kappa shape index (κ3) is 3.09. The van der Waals surface area contributed by atoms with Gasteiger partial charge in [0.1, 0.15) is 0 Å². The molecule has 0 aliphatic carbocycles. The van der Waals surface area contributed by atoms with Crippen LogP contribution in [0.4, 0.5) is 0 Å². The van der Waals surface area contributed by atoms with E-state index in [0.717, 1.165) is 24.8 Å². The largest absolute Gasteiger partial charge is 0.346 e. The molecule has 0 aromatic heterocycles. The van der Waals surface area contributed by atoms with Crippen molar-refractivity contribution in [1.29, 1.82) is 0 Å². The van der Waals surface area contributed by atoms with Gasteiger partial charge in [0.2, 0.25) is 0 Å². The zero-order valence-corrected chi connectivity index (χ0v) is 9.22. The van der Waals surface area contributed by atoms with Crippen molar-refractivity contribution in [1.82, 2.24) is 0 Å². The molecule has 0 saturated carbocycles. The molecule has 1 aliphatic heterocycles. The van der Waals surface area contributed by atoms with Gasteiger partial charge in [-0.05, 0) is 11.6 Å². The van der Waals surface area contributed by atoms with E-state index in [1.54, 1.807) is 0 Å². The molecule has 1 aliphatic rings. The summed E-state index contributed by atoms with van der Waals surface area (Å²) < 4.78 is 10.7. The van der Waals surface area contributed by atoms with Gasteiger partial charge in [-0.15, -0.1) is 0 Å². The molecule has 0 radical (unpaired) electrons. The summed E-state index contributed by atoms with van der Waals surface area (Å²) in [6.07, 6.45) is -0.114. The van der Waals surface area contributed by atoms with Gasteiger partial charge in [-0.1, -0.05) is 26.2 Å². The summed E-state index contributed by atoms with van der Waals surface area (Å²) in [5.41, 5.74) is 1.12. The lowest BCUT2D eigenvalue weighted by Gasteiger charge is -2.20. The zero-order chi connectivity index (χ0) is 9.19. The van der Waals surface area contributed by atoms with Gasteiger partial charge >= 0.3 is 0 Å². The molecule has 0 N–H and O–H groups in total. The Bertz CT molecular complexity index is 166. The Kier molecular flexibility index (Phi) is 3.09. The van der Waals surface area contributed by atoms with Crippen LogP contribution in [0.2, 0.25) is 25.7 Å². The molecule has 0 aromatic carbocycles. The fraction of sp³-hybridized carbons (Fsp3) is 0.778. The summed E-state index contributed by atoms with van der Waals surface area (Å²) >= 11 is 0. The average molecular weight is 186 g/mol. The summed E-state index contributed by atoms with van der Waals surface area (Å²) in [6, 6.07) is 1.09. The quantitative estimate of drug-likeness (QED) is 0.497. The Hall–Kier alpha value is -0.123. The summed E-state index contributed by atoms with van der Waals surface area (Å²) in [4.78, 5) is 0. The van der Waals surface area contributed by atoms with Crippen molar-refractivity contribution in [3.8, 4) is 0 Å². The number of ether oxygens (including phenoxy) is 2. The second-order valence-electron chi connectivity index (χ2n) is 4.47. The standard InChI is InChI=1S/C9H18O2Si/c1-8(7-12(2,3)4)9-10-5-6-11-9/h9H,1,5-7H2,2-4H3. The van der Waals surface area contributed by atoms with Crippen LogP contribution in [0.15, 0.2) is 12.2 Å². The van der Waals surface area contributed by atoms with Gasteiger partial charge in [-0.2, -0.15) is 0 Å². The Morgan fingerprint density at radius 3 is 2.25 bits per heavy atom. The molecular weight excluding hydrogens is 168 g/mol. The SMILES string of the molecule is C=C(C[Si](C)(C)C)C1OCCO1. The van der Waals surface area contributed by atoms with Crippen LogP contribution in [0.1, 0.15) is 0 Å². The first kappa shape index (κ1) is 9.96. The highest BCUT2D eigenvalue weighted by Gasteiger charge is 2.23. The van der Waals surface area contributed by atoms with Crippen molar-refractivity contribution in [2.24, 2.45) is 0 Å². The second-order valence-corrected chi connectivity index (χ2v) is 9.94. The van der Waals surface area contributed by atoms with E-state index in [1.807, 2.05) is 0 Å². The van der Waals surface area contributed by atoms with E-state index in [0.29, 0.717) is 0 Å². The van der Waals surface area contributed by atoms with Crippen molar-refractivity contribution >= 4 is 8.07 Å². The number of hydrogen-bond acceptors (Lipinski definition) is 2. The minimum absolute atomic E-state index is 0.114. The van der Waals surface area contributed by atoms with Crippen molar-refractivity contribution in [2.45, 2.75) is 32.0 Å². The maximum atomic E-state index is 5.36. The van der Waals surface area contributed by atoms with E-state index in [1.165, 1.54) is 0 Å². The molecule has 0 spiro atoms. The maximum absolute atomic E-state index is 5.36. The Balaban J connectivity index is 2.37. The van der Waals surface area contributed by atoms with Crippen molar-refractivity contribution < 1.29 is 9.47 Å². The molecule has 70 valence electrons. The van der Waals surface area contributed by atoms with E-state index in [2.05, 4.69) is 26.2 Å². The minimum atomic E-state index is -1.05. The molecule has 1 heterocycles. The normalized spacial score (nSPS) is 19.9. The molecule has 1 saturated heterocycles. The third-order valence-electron chi connectivity index (χ3n) is 1.71. The smallest absolute Gasteiger partial charge is 0.179 e. The molecule has 0 unspecified atom stereocenters. The van der Waals surface area contributed by atoms with Crippen molar-refractivity contribution in [2.75, 3.05) is 13.2 Å². The van der Waals surface area contributed by atoms with E-state index in [9.17, 15) is 0 Å². The Labute approximate surface area is 75.6 Å². The van der Waals surface area contributed by atoms with Crippen molar-refractivity contribution in [3.05, 3.63) is 12.2 Å². The minimum Gasteiger partial charge on any atom is -0.346 e. The number of rotatable bonds is 3. The van der Waals surface area contributed by atoms with Crippen LogP contribution in [0.25, 0.3) is 0 Å². The fourth-order valence-electron chi connectivity index (χ4n) is 1.36. The molecule has 3 heteroatoms. The monoisotopic (exact) mass is 186 g/mol. The first-order valence-electron chi connectivity index (χ1n) is 4.40. The molecule has 0 atom stereocenters. The van der Waals surface area contributed by atoms with E-state index in [4.69, 9.17) is 9.47 Å². The molecule has 0 amide bonds. The van der Waals surface area contributed by atoms with Crippen LogP contribution < -0.4 is 0 Å². The van der Waals surface area contributed by atoms with Gasteiger partial charge in [0.25, 0.3) is 0 Å². The first-order chi connectivity index (χ1) is 5.49. The summed E-state index contributed by atoms with van der Waals surface area (Å²) in [5, 5.41) is 0. The molecular formula is C9H18O2Si. The second kappa shape index (κ2) is 3.73. The van der Waals surface area contributed by atoms with Gasteiger partial charge < -0.3 is 9.47 Å². The van der Waals surface area contributed by atoms with E-state index < -0.39 is 8.07 Å². The fourth-order valence-corrected chi connectivity index (χ4v) is 2.89. The predicted octanol–water partition coefficient (Wildman–Crippen LogP) is 2.25. The molecule has 12 heavy (non-hydrogen) atoms. The van der Waals surface area contributed by atoms with Crippen LogP contribution in [-0.2, 0) is 9.47 Å². The molecule has 2 nitrogen and oxygen atoms in total. The predicted molar refractivity (Wildman–Crippen MR) is 53.0 cm³/mol. The molecule has 1 fully saturated rings. The lowest BCUT2D eigenvalue weighted by atomic mass is 10.3. The van der Waals surface area contributed by atoms with Crippen LogP contribution in [0.3, 0.4) is 0 Å². The molecule has 0 aromatic rings. The maximum Gasteiger partial charge on any atom is 0.179 e. The van der Waals surface area contributed by atoms with Gasteiger partial charge in [0.15, 0.2) is 6.29 Å². The highest BCUT2D eigenvalue weighted by molar-refractivity contribution is 6.76. The average Bonchev–Trinajstić information content (AvgIpc) is 2.32. The summed E-state index contributed by atoms with van der Waals surface area (Å²) in [6.45, 7) is 12.4. The third-order valence-corrected chi connectivity index (χ3v) is 3.23. The van der Waals surface area contributed by atoms with Gasteiger partial charge in [-0.3, -0.25) is 0 Å². The lowest BCUT2D eigenvalue weighted by Crippen LogP contribution is -2.24. The van der Waals surface area contributed by atoms with Crippen LogP contribution >= 0.6 is 0 Å². The van der Waals surface area contributed by atoms with E-state index >= 15 is 0 Å². The van der Waals surface area contributed by atoms with Crippen LogP contribution in [0, 0.1) is 0 Å². The van der Waals surface area contributed by atoms with Gasteiger partial charge in [-0.25, -0.2) is 0 Å². The summed E-state index contributed by atoms with van der Waals surface area (Å²) in [7, 11) is -1.05. The van der Waals surface area contributed by atoms with Gasteiger partial charge in [0, 0.05) is 8.07 Å². The summed E-state index contributed by atoms with van der Waals surface area (Å²) in [5.74, 6) is 0. The lowest BCUT2D eigenvalue weighted by molar-refractivity contribution is -0.0107. The first-order valence-corrected chi connectivity index (χ1v) is 8.11. The van der Waals surface area contributed by atoms with Crippen LogP contribution in [0.5, 0.6) is 0 Å². The van der Waals surface area contributed by atoms with E-state index in [-0.39, 0.29) is 6.29 Å². The van der Waals surface area contributed by atoms with Gasteiger partial charge in [0.05, 0.1) is 13.2 Å². The highest BCUT2D eigenvalue weighted by atomic mass is 28.3. The van der Waals surface area contributed by atoms with Crippen LogP contribution in [-0.4, -0.2) is 27.6 Å². The zero-order valence-electron chi connectivity index (χ0n) is 8.22. The van der Waals surface area contributed by atoms with Crippen molar-refractivity contribution in [3.63, 3.8) is 0 Å². The Morgan fingerprint density at radius 1 is 1.33 bits per heavy atom. The number of hydrogen-bond donors (Lipinski definition) is 0. The molecule has 1 rings (SSSR count). The topological polar surface area (TPSA) is 18.5 Å². The Morgan fingerprint density at radius 2 is 1.83 bits per heavy atom. The highest BCUT2D eigenvalue weighted by Crippen LogP contribution is 2.22.